The van der Waals surface area contributed by atoms with Gasteiger partial charge in [0, 0.05) is 6.04 Å². The first-order valence-corrected chi connectivity index (χ1v) is 8.07. The van der Waals surface area contributed by atoms with Gasteiger partial charge in [0.25, 0.3) is 0 Å². The summed E-state index contributed by atoms with van der Waals surface area (Å²) in [4.78, 5) is 14.0. The quantitative estimate of drug-likeness (QED) is 0.624. The summed E-state index contributed by atoms with van der Waals surface area (Å²) in [6, 6.07) is 10.5. The highest BCUT2D eigenvalue weighted by atomic mass is 16.5. The first-order chi connectivity index (χ1) is 11.6. The Labute approximate surface area is 142 Å². The molecule has 4 nitrogen and oxygen atoms in total. The number of carbonyl (C=O) groups excluding carboxylic acids is 1. The molecule has 1 heterocycles. The number of methoxy groups -OCH3 is 1. The number of esters is 1. The number of nitrogens with zero attached hydrogens (tertiary/aromatic N) is 1. The van der Waals surface area contributed by atoms with Crippen LogP contribution in [0.3, 0.4) is 0 Å². The summed E-state index contributed by atoms with van der Waals surface area (Å²) in [5.74, 6) is 3.67. The van der Waals surface area contributed by atoms with Crippen LogP contribution >= 0.6 is 0 Å². The summed E-state index contributed by atoms with van der Waals surface area (Å²) in [6.07, 6.45) is 7.69. The summed E-state index contributed by atoms with van der Waals surface area (Å²) >= 11 is 0. The van der Waals surface area contributed by atoms with Gasteiger partial charge in [0.05, 0.1) is 20.2 Å². The molecule has 0 radical (unpaired) electrons. The van der Waals surface area contributed by atoms with Gasteiger partial charge in [-0.3, -0.25) is 4.90 Å². The lowest BCUT2D eigenvalue weighted by molar-refractivity contribution is 0.0599. The van der Waals surface area contributed by atoms with Crippen molar-refractivity contribution in [1.82, 2.24) is 4.90 Å². The zero-order valence-electron chi connectivity index (χ0n) is 14.0. The van der Waals surface area contributed by atoms with Crippen molar-refractivity contribution in [3.63, 3.8) is 0 Å². The summed E-state index contributed by atoms with van der Waals surface area (Å²) in [6.45, 7) is 2.87. The van der Waals surface area contributed by atoms with E-state index in [1.54, 1.807) is 13.0 Å². The number of benzene rings is 1. The zero-order valence-corrected chi connectivity index (χ0v) is 14.0. The molecule has 124 valence electrons. The second-order valence-electron chi connectivity index (χ2n) is 6.04. The number of furan rings is 1. The Bertz CT molecular complexity index is 784. The molecule has 0 bridgehead atoms. The first-order valence-electron chi connectivity index (χ1n) is 8.07. The smallest absolute Gasteiger partial charge is 0.341 e. The van der Waals surface area contributed by atoms with Crippen LogP contribution in [0.25, 0.3) is 0 Å². The predicted molar refractivity (Wildman–Crippen MR) is 91.5 cm³/mol. The topological polar surface area (TPSA) is 42.7 Å². The maximum absolute atomic E-state index is 11.8. The number of aryl methyl sites for hydroxylation is 2. The number of terminal acetylenes is 1. The van der Waals surface area contributed by atoms with E-state index in [0.717, 1.165) is 18.6 Å². The summed E-state index contributed by atoms with van der Waals surface area (Å²) in [7, 11) is 1.37. The molecule has 1 aliphatic carbocycles. The number of hydrogen-bond acceptors (Lipinski definition) is 4. The Morgan fingerprint density at radius 2 is 2.25 bits per heavy atom. The number of hydrogen-bond donors (Lipinski definition) is 0. The van der Waals surface area contributed by atoms with Crippen molar-refractivity contribution in [1.29, 1.82) is 0 Å². The van der Waals surface area contributed by atoms with Crippen LogP contribution in [0.4, 0.5) is 0 Å². The van der Waals surface area contributed by atoms with Crippen LogP contribution in [-0.2, 0) is 17.7 Å². The van der Waals surface area contributed by atoms with Crippen molar-refractivity contribution >= 4 is 5.97 Å². The number of ether oxygens (including phenoxy) is 1. The van der Waals surface area contributed by atoms with Gasteiger partial charge in [-0.15, -0.1) is 6.42 Å². The normalized spacial score (nSPS) is 16.0. The highest BCUT2D eigenvalue weighted by Gasteiger charge is 2.28. The molecule has 4 heteroatoms. The number of rotatable bonds is 5. The van der Waals surface area contributed by atoms with Gasteiger partial charge in [-0.25, -0.2) is 4.79 Å². The van der Waals surface area contributed by atoms with E-state index >= 15 is 0 Å². The van der Waals surface area contributed by atoms with Crippen molar-refractivity contribution < 1.29 is 13.9 Å². The van der Waals surface area contributed by atoms with Crippen molar-refractivity contribution in [3.8, 4) is 12.3 Å². The van der Waals surface area contributed by atoms with Crippen LogP contribution < -0.4 is 0 Å². The van der Waals surface area contributed by atoms with Crippen molar-refractivity contribution in [2.24, 2.45) is 0 Å². The molecule has 24 heavy (non-hydrogen) atoms. The van der Waals surface area contributed by atoms with Gasteiger partial charge >= 0.3 is 5.97 Å². The molecule has 1 unspecified atom stereocenters. The Kier molecular flexibility index (Phi) is 4.73. The van der Waals surface area contributed by atoms with Crippen LogP contribution in [0.5, 0.6) is 0 Å². The standard InChI is InChI=1S/C20H21NO3/c1-4-11-21(19-10-9-15-7-5-6-8-17(15)19)13-16-12-18(14(2)24-16)20(22)23-3/h1,5-8,12,19H,9-11,13H2,2-3H3. The molecule has 1 atom stereocenters. The van der Waals surface area contributed by atoms with E-state index in [1.807, 2.05) is 0 Å². The maximum atomic E-state index is 11.8. The lowest BCUT2D eigenvalue weighted by Gasteiger charge is -2.26. The second-order valence-corrected chi connectivity index (χ2v) is 6.04. The third-order valence-corrected chi connectivity index (χ3v) is 4.57. The van der Waals surface area contributed by atoms with E-state index in [2.05, 4.69) is 35.1 Å². The summed E-state index contributed by atoms with van der Waals surface area (Å²) in [5, 5.41) is 0. The fraction of sp³-hybridized carbons (Fsp3) is 0.350. The molecule has 0 saturated heterocycles. The molecular weight excluding hydrogens is 302 g/mol. The molecule has 0 spiro atoms. The largest absolute Gasteiger partial charge is 0.465 e. The summed E-state index contributed by atoms with van der Waals surface area (Å²) < 4.78 is 10.5. The first kappa shape index (κ1) is 16.4. The SMILES string of the molecule is C#CCN(Cc1cc(C(=O)OC)c(C)o1)C1CCc2ccccc21. The molecule has 0 aliphatic heterocycles. The van der Waals surface area contributed by atoms with Crippen LogP contribution in [0.1, 0.15) is 45.5 Å². The molecule has 3 rings (SSSR count). The third-order valence-electron chi connectivity index (χ3n) is 4.57. The van der Waals surface area contributed by atoms with E-state index in [-0.39, 0.29) is 12.0 Å². The minimum absolute atomic E-state index is 0.282. The molecule has 1 aromatic heterocycles. The predicted octanol–water partition coefficient (Wildman–Crippen LogP) is 3.50. The van der Waals surface area contributed by atoms with Gasteiger partial charge in [-0.2, -0.15) is 0 Å². The lowest BCUT2D eigenvalue weighted by Crippen LogP contribution is -2.27. The van der Waals surface area contributed by atoms with Crippen molar-refractivity contribution in [2.75, 3.05) is 13.7 Å². The van der Waals surface area contributed by atoms with Crippen LogP contribution in [0.15, 0.2) is 34.7 Å². The zero-order chi connectivity index (χ0) is 17.1. The molecule has 0 amide bonds. The molecule has 2 aromatic rings. The molecule has 1 aliphatic rings. The average molecular weight is 323 g/mol. The second kappa shape index (κ2) is 6.94. The fourth-order valence-corrected chi connectivity index (χ4v) is 3.44. The monoisotopic (exact) mass is 323 g/mol. The average Bonchev–Trinajstić information content (AvgIpc) is 3.17. The fourth-order valence-electron chi connectivity index (χ4n) is 3.44. The Morgan fingerprint density at radius 1 is 1.46 bits per heavy atom. The van der Waals surface area contributed by atoms with E-state index in [1.165, 1.54) is 18.2 Å². The Balaban J connectivity index is 1.83. The molecule has 1 aromatic carbocycles. The molecule has 0 fully saturated rings. The summed E-state index contributed by atoms with van der Waals surface area (Å²) in [5.41, 5.74) is 3.19. The van der Waals surface area contributed by atoms with Crippen LogP contribution in [0.2, 0.25) is 0 Å². The minimum Gasteiger partial charge on any atom is -0.465 e. The van der Waals surface area contributed by atoms with Gasteiger partial charge in [-0.05, 0) is 37.0 Å². The van der Waals surface area contributed by atoms with Crippen LogP contribution in [-0.4, -0.2) is 24.5 Å². The molecular formula is C20H21NO3. The van der Waals surface area contributed by atoms with Gasteiger partial charge in [-0.1, -0.05) is 30.2 Å². The van der Waals surface area contributed by atoms with E-state index in [0.29, 0.717) is 24.4 Å². The number of carbonyl (C=O) groups is 1. The third kappa shape index (κ3) is 3.08. The van der Waals surface area contributed by atoms with Crippen molar-refractivity contribution in [2.45, 2.75) is 32.4 Å². The Hall–Kier alpha value is -2.51. The van der Waals surface area contributed by atoms with Gasteiger partial charge in [0.1, 0.15) is 17.1 Å². The highest BCUT2D eigenvalue weighted by Crippen LogP contribution is 2.36. The highest BCUT2D eigenvalue weighted by molar-refractivity contribution is 5.90. The number of fused-ring (bicyclic) bond motifs is 1. The van der Waals surface area contributed by atoms with Gasteiger partial charge < -0.3 is 9.15 Å². The molecule has 0 N–H and O–H groups in total. The maximum Gasteiger partial charge on any atom is 0.341 e. The molecule has 0 saturated carbocycles. The lowest BCUT2D eigenvalue weighted by atomic mass is 10.1. The van der Waals surface area contributed by atoms with Crippen LogP contribution in [0, 0.1) is 19.3 Å². The minimum atomic E-state index is -0.378. The van der Waals surface area contributed by atoms with E-state index in [4.69, 9.17) is 15.6 Å². The van der Waals surface area contributed by atoms with Crippen molar-refractivity contribution in [3.05, 3.63) is 58.5 Å². The van der Waals surface area contributed by atoms with Gasteiger partial charge in [0.15, 0.2) is 0 Å². The van der Waals surface area contributed by atoms with Gasteiger partial charge in [0.2, 0.25) is 0 Å². The van der Waals surface area contributed by atoms with E-state index < -0.39 is 0 Å². The van der Waals surface area contributed by atoms with E-state index in [9.17, 15) is 4.79 Å². The Morgan fingerprint density at radius 3 is 3.00 bits per heavy atom.